The van der Waals surface area contributed by atoms with Crippen LogP contribution < -0.4 is 0 Å². The first kappa shape index (κ1) is 11.1. The van der Waals surface area contributed by atoms with Crippen LogP contribution in [0, 0.1) is 15.3 Å². The molecule has 0 amide bonds. The molecule has 0 aliphatic carbocycles. The average Bonchev–Trinajstić information content (AvgIpc) is 2.48. The van der Waals surface area contributed by atoms with E-state index in [1.807, 2.05) is 29.7 Å². The van der Waals surface area contributed by atoms with Crippen molar-refractivity contribution in [1.29, 1.82) is 0 Å². The van der Waals surface area contributed by atoms with Gasteiger partial charge in [0.1, 0.15) is 5.82 Å². The Kier molecular flexibility index (Phi) is 3.13. The molecule has 0 spiro atoms. The number of nitrogens with one attached hydrogen (secondary N) is 1. The lowest BCUT2D eigenvalue weighted by Gasteiger charge is -2.06. The molecule has 1 heterocycles. The summed E-state index contributed by atoms with van der Waals surface area (Å²) >= 11 is 13.3. The summed E-state index contributed by atoms with van der Waals surface area (Å²) in [5.41, 5.74) is 0.997. The van der Waals surface area contributed by atoms with Crippen molar-refractivity contribution in [2.75, 3.05) is 0 Å². The van der Waals surface area contributed by atoms with E-state index in [-0.39, 0.29) is 0 Å². The molecule has 0 atom stereocenters. The molecular weight excluding hydrogens is 345 g/mol. The molecule has 2 aromatic rings. The van der Waals surface area contributed by atoms with Crippen LogP contribution in [0.5, 0.6) is 0 Å². The van der Waals surface area contributed by atoms with E-state index in [1.54, 1.807) is 0 Å². The van der Waals surface area contributed by atoms with Gasteiger partial charge in [-0.25, -0.2) is 0 Å². The summed E-state index contributed by atoms with van der Waals surface area (Å²) in [5.74, 6) is 0.834. The molecule has 0 aliphatic heterocycles. The molecule has 6 heteroatoms. The van der Waals surface area contributed by atoms with Gasteiger partial charge in [-0.05, 0) is 59.9 Å². The van der Waals surface area contributed by atoms with E-state index < -0.39 is 0 Å². The van der Waals surface area contributed by atoms with E-state index in [0.29, 0.717) is 4.77 Å². The second kappa shape index (κ2) is 4.23. The number of H-pyrrole nitrogens is 1. The Morgan fingerprint density at radius 3 is 2.80 bits per heavy atom. The van der Waals surface area contributed by atoms with Crippen molar-refractivity contribution >= 4 is 46.4 Å². The van der Waals surface area contributed by atoms with E-state index in [2.05, 4.69) is 32.8 Å². The fourth-order valence-corrected chi connectivity index (χ4v) is 2.71. The standard InChI is InChI=1S/C9H7ClIN3S/c1-5-12-13-9(15)14(5)8-3-2-6(10)4-7(8)11/h2-4H,1H3,(H,13,15). The highest BCUT2D eigenvalue weighted by Gasteiger charge is 2.07. The minimum absolute atomic E-state index is 0.590. The van der Waals surface area contributed by atoms with Gasteiger partial charge >= 0.3 is 0 Å². The molecule has 15 heavy (non-hydrogen) atoms. The topological polar surface area (TPSA) is 33.6 Å². The summed E-state index contributed by atoms with van der Waals surface area (Å²) in [6.07, 6.45) is 0. The maximum Gasteiger partial charge on any atom is 0.199 e. The summed E-state index contributed by atoms with van der Waals surface area (Å²) in [5, 5.41) is 7.54. The monoisotopic (exact) mass is 351 g/mol. The third kappa shape index (κ3) is 2.09. The number of aromatic amines is 1. The first-order chi connectivity index (χ1) is 7.09. The lowest BCUT2D eigenvalue weighted by atomic mass is 10.3. The first-order valence-corrected chi connectivity index (χ1v) is 6.05. The number of hydrogen-bond acceptors (Lipinski definition) is 2. The fraction of sp³-hybridized carbons (Fsp3) is 0.111. The van der Waals surface area contributed by atoms with Gasteiger partial charge in [0.15, 0.2) is 4.77 Å². The second-order valence-corrected chi connectivity index (χ2v) is 4.99. The molecule has 78 valence electrons. The molecule has 1 aromatic carbocycles. The molecule has 0 saturated heterocycles. The highest BCUT2D eigenvalue weighted by molar-refractivity contribution is 14.1. The zero-order valence-electron chi connectivity index (χ0n) is 7.79. The van der Waals surface area contributed by atoms with Crippen LogP contribution in [-0.4, -0.2) is 14.8 Å². The number of rotatable bonds is 1. The molecule has 0 fully saturated rings. The maximum atomic E-state index is 5.89. The van der Waals surface area contributed by atoms with Crippen molar-refractivity contribution in [2.24, 2.45) is 0 Å². The normalized spacial score (nSPS) is 10.6. The van der Waals surface area contributed by atoms with Gasteiger partial charge in [-0.15, -0.1) is 0 Å². The van der Waals surface area contributed by atoms with Crippen molar-refractivity contribution in [3.05, 3.63) is 37.4 Å². The smallest absolute Gasteiger partial charge is 0.199 e. The Balaban J connectivity index is 2.69. The maximum absolute atomic E-state index is 5.89. The van der Waals surface area contributed by atoms with Gasteiger partial charge in [0.05, 0.1) is 5.69 Å². The summed E-state index contributed by atoms with van der Waals surface area (Å²) in [4.78, 5) is 0. The van der Waals surface area contributed by atoms with E-state index in [4.69, 9.17) is 23.8 Å². The second-order valence-electron chi connectivity index (χ2n) is 3.01. The first-order valence-electron chi connectivity index (χ1n) is 4.19. The van der Waals surface area contributed by atoms with Gasteiger partial charge in [0.2, 0.25) is 0 Å². The lowest BCUT2D eigenvalue weighted by Crippen LogP contribution is -1.99. The molecule has 2 rings (SSSR count). The van der Waals surface area contributed by atoms with Gasteiger partial charge in [0, 0.05) is 8.59 Å². The minimum atomic E-state index is 0.590. The van der Waals surface area contributed by atoms with Crippen LogP contribution in [0.2, 0.25) is 5.02 Å². The quantitative estimate of drug-likeness (QED) is 0.630. The molecule has 0 saturated carbocycles. The van der Waals surface area contributed by atoms with Crippen molar-refractivity contribution < 1.29 is 0 Å². The molecular formula is C9H7ClIN3S. The molecule has 1 N–H and O–H groups in total. The van der Waals surface area contributed by atoms with Crippen molar-refractivity contribution in [3.63, 3.8) is 0 Å². The van der Waals surface area contributed by atoms with E-state index in [0.717, 1.165) is 20.1 Å². The largest absolute Gasteiger partial charge is 0.271 e. The van der Waals surface area contributed by atoms with Crippen LogP contribution in [0.3, 0.4) is 0 Å². The number of halogens is 2. The lowest BCUT2D eigenvalue weighted by molar-refractivity contribution is 0.958. The number of nitrogens with zero attached hydrogens (tertiary/aromatic N) is 2. The van der Waals surface area contributed by atoms with Gasteiger partial charge in [-0.2, -0.15) is 5.10 Å². The number of benzene rings is 1. The van der Waals surface area contributed by atoms with E-state index in [9.17, 15) is 0 Å². The highest BCUT2D eigenvalue weighted by atomic mass is 127. The third-order valence-electron chi connectivity index (χ3n) is 1.99. The van der Waals surface area contributed by atoms with Crippen LogP contribution in [-0.2, 0) is 0 Å². The van der Waals surface area contributed by atoms with Crippen LogP contribution in [0.1, 0.15) is 5.82 Å². The minimum Gasteiger partial charge on any atom is -0.271 e. The van der Waals surface area contributed by atoms with Crippen LogP contribution >= 0.6 is 46.4 Å². The van der Waals surface area contributed by atoms with E-state index in [1.165, 1.54) is 0 Å². The number of aryl methyl sites for hydroxylation is 1. The highest BCUT2D eigenvalue weighted by Crippen LogP contribution is 2.22. The number of hydrogen-bond donors (Lipinski definition) is 1. The van der Waals surface area contributed by atoms with Crippen molar-refractivity contribution in [2.45, 2.75) is 6.92 Å². The molecule has 0 unspecified atom stereocenters. The van der Waals surface area contributed by atoms with Crippen LogP contribution in [0.15, 0.2) is 18.2 Å². The number of aromatic nitrogens is 3. The third-order valence-corrected chi connectivity index (χ3v) is 3.36. The van der Waals surface area contributed by atoms with Crippen molar-refractivity contribution in [3.8, 4) is 5.69 Å². The van der Waals surface area contributed by atoms with Gasteiger partial charge in [0.25, 0.3) is 0 Å². The Bertz CT molecular complexity index is 561. The van der Waals surface area contributed by atoms with Crippen molar-refractivity contribution in [1.82, 2.24) is 14.8 Å². The van der Waals surface area contributed by atoms with Crippen LogP contribution in [0.4, 0.5) is 0 Å². The molecule has 1 aromatic heterocycles. The Morgan fingerprint density at radius 2 is 2.27 bits per heavy atom. The van der Waals surface area contributed by atoms with Gasteiger partial charge in [-0.3, -0.25) is 9.67 Å². The van der Waals surface area contributed by atoms with Gasteiger partial charge in [-0.1, -0.05) is 11.6 Å². The zero-order valence-corrected chi connectivity index (χ0v) is 11.5. The average molecular weight is 352 g/mol. The summed E-state index contributed by atoms with van der Waals surface area (Å²) in [6.45, 7) is 1.90. The Hall–Kier alpha value is -0.400. The molecule has 0 bridgehead atoms. The Morgan fingerprint density at radius 1 is 1.53 bits per heavy atom. The predicted octanol–water partition coefficient (Wildman–Crippen LogP) is 3.50. The molecule has 0 aliphatic rings. The SMILES string of the molecule is Cc1n[nH]c(=S)n1-c1ccc(Cl)cc1I. The zero-order chi connectivity index (χ0) is 11.0. The summed E-state index contributed by atoms with van der Waals surface area (Å²) in [6, 6.07) is 5.67. The van der Waals surface area contributed by atoms with E-state index >= 15 is 0 Å². The molecule has 3 nitrogen and oxygen atoms in total. The Labute approximate surface area is 111 Å². The fourth-order valence-electron chi connectivity index (χ4n) is 1.32. The summed E-state index contributed by atoms with van der Waals surface area (Å²) in [7, 11) is 0. The molecule has 0 radical (unpaired) electrons. The van der Waals surface area contributed by atoms with Gasteiger partial charge < -0.3 is 0 Å². The van der Waals surface area contributed by atoms with Crippen LogP contribution in [0.25, 0.3) is 5.69 Å². The predicted molar refractivity (Wildman–Crippen MR) is 71.2 cm³/mol. The summed E-state index contributed by atoms with van der Waals surface area (Å²) < 4.78 is 3.52.